The summed E-state index contributed by atoms with van der Waals surface area (Å²) >= 11 is 0. The van der Waals surface area contributed by atoms with Gasteiger partial charge in [-0.15, -0.1) is 0 Å². The minimum atomic E-state index is -0.308. The van der Waals surface area contributed by atoms with Crippen molar-refractivity contribution in [2.24, 2.45) is 23.7 Å². The van der Waals surface area contributed by atoms with E-state index in [1.165, 1.54) is 12.1 Å². The molecule has 1 unspecified atom stereocenters. The van der Waals surface area contributed by atoms with Crippen molar-refractivity contribution in [3.8, 4) is 11.8 Å². The van der Waals surface area contributed by atoms with Crippen molar-refractivity contribution < 1.29 is 18.7 Å². The molecule has 4 nitrogen and oxygen atoms in total. The first kappa shape index (κ1) is 20.0. The van der Waals surface area contributed by atoms with E-state index in [0.29, 0.717) is 43.3 Å². The van der Waals surface area contributed by atoms with Crippen molar-refractivity contribution in [2.75, 3.05) is 19.7 Å². The van der Waals surface area contributed by atoms with Crippen LogP contribution in [0.3, 0.4) is 0 Å². The maximum atomic E-state index is 13.3. The lowest BCUT2D eigenvalue weighted by atomic mass is 9.99. The normalized spacial score (nSPS) is 25.4. The van der Waals surface area contributed by atoms with Crippen molar-refractivity contribution in [3.63, 3.8) is 0 Å². The number of carbonyl (C=O) groups is 2. The molecule has 1 N–H and O–H groups in total. The van der Waals surface area contributed by atoms with Gasteiger partial charge in [-0.25, -0.2) is 4.39 Å². The van der Waals surface area contributed by atoms with Crippen LogP contribution in [-0.4, -0.2) is 31.4 Å². The van der Waals surface area contributed by atoms with Crippen LogP contribution in [0.15, 0.2) is 42.5 Å². The molecule has 31 heavy (non-hydrogen) atoms. The Morgan fingerprint density at radius 3 is 2.65 bits per heavy atom. The molecule has 0 spiro atoms. The Bertz CT molecular complexity index is 1090. The minimum Gasteiger partial charge on any atom is -0.465 e. The molecule has 1 saturated heterocycles. The maximum Gasteiger partial charge on any atom is 0.309 e. The van der Waals surface area contributed by atoms with Crippen LogP contribution in [0.5, 0.6) is 0 Å². The van der Waals surface area contributed by atoms with Crippen molar-refractivity contribution in [1.82, 2.24) is 5.32 Å². The number of benzene rings is 2. The second-order valence-electron chi connectivity index (χ2n) is 8.72. The second kappa shape index (κ2) is 8.28. The zero-order chi connectivity index (χ0) is 21.4. The maximum absolute atomic E-state index is 13.3. The van der Waals surface area contributed by atoms with Crippen molar-refractivity contribution in [1.29, 1.82) is 0 Å². The lowest BCUT2D eigenvalue weighted by Crippen LogP contribution is -2.20. The molecule has 1 aliphatic heterocycles. The van der Waals surface area contributed by atoms with Gasteiger partial charge in [-0.2, -0.15) is 0 Å². The molecule has 158 valence electrons. The average Bonchev–Trinajstić information content (AvgIpc) is 3.09. The first-order valence-electron chi connectivity index (χ1n) is 10.9. The number of rotatable bonds is 5. The van der Waals surface area contributed by atoms with E-state index in [2.05, 4.69) is 17.2 Å². The van der Waals surface area contributed by atoms with Crippen molar-refractivity contribution in [2.45, 2.75) is 19.3 Å². The highest BCUT2D eigenvalue weighted by Gasteiger charge is 2.57. The van der Waals surface area contributed by atoms with E-state index in [-0.39, 0.29) is 29.4 Å². The van der Waals surface area contributed by atoms with E-state index < -0.39 is 0 Å². The Morgan fingerprint density at radius 1 is 1.10 bits per heavy atom. The van der Waals surface area contributed by atoms with E-state index in [0.717, 1.165) is 29.8 Å². The van der Waals surface area contributed by atoms with Crippen molar-refractivity contribution >= 4 is 11.8 Å². The first-order chi connectivity index (χ1) is 15.1. The number of hydrogen-bond donors (Lipinski definition) is 1. The molecule has 0 radical (unpaired) electrons. The fourth-order valence-electron chi connectivity index (χ4n) is 4.97. The molecule has 5 rings (SSSR count). The zero-order valence-corrected chi connectivity index (χ0v) is 17.2. The Kier molecular flexibility index (Phi) is 5.33. The number of piperidine rings is 1. The Balaban J connectivity index is 1.13. The quantitative estimate of drug-likeness (QED) is 0.461. The molecule has 2 fully saturated rings. The standard InChI is InChI=1S/C26H24FNO3/c27-20-5-1-3-16(12-20)6-7-17-8-9-21-19(11-17)13-18(25(21)29)4-2-10-31-26(30)24-22-14-28-15-23(22)24/h1,3,5,8-9,11-12,18,22-24,28H,2,4,10,13-15H2/t18?,22-,23+,24-. The van der Waals surface area contributed by atoms with Crippen LogP contribution < -0.4 is 5.32 Å². The molecular formula is C26H24FNO3. The van der Waals surface area contributed by atoms with Crippen LogP contribution in [0.4, 0.5) is 4.39 Å². The molecule has 5 heteroatoms. The average molecular weight is 417 g/mol. The van der Waals surface area contributed by atoms with E-state index in [1.807, 2.05) is 18.2 Å². The third kappa shape index (κ3) is 4.13. The van der Waals surface area contributed by atoms with Crippen LogP contribution in [0, 0.1) is 41.3 Å². The fourth-order valence-corrected chi connectivity index (χ4v) is 4.97. The molecule has 0 bridgehead atoms. The summed E-state index contributed by atoms with van der Waals surface area (Å²) in [6.07, 6.45) is 2.10. The van der Waals surface area contributed by atoms with Crippen LogP contribution >= 0.6 is 0 Å². The van der Waals surface area contributed by atoms with Crippen molar-refractivity contribution in [3.05, 3.63) is 70.5 Å². The summed E-state index contributed by atoms with van der Waals surface area (Å²) in [5.74, 6) is 6.77. The lowest BCUT2D eigenvalue weighted by molar-refractivity contribution is -0.146. The number of nitrogens with one attached hydrogen (secondary N) is 1. The fraction of sp³-hybridized carbons (Fsp3) is 0.385. The van der Waals surface area contributed by atoms with Gasteiger partial charge in [-0.05, 0) is 86.1 Å². The number of ketones is 1. The molecule has 4 atom stereocenters. The van der Waals surface area contributed by atoms with Crippen LogP contribution in [0.2, 0.25) is 0 Å². The molecule has 2 aliphatic carbocycles. The van der Waals surface area contributed by atoms with E-state index >= 15 is 0 Å². The van der Waals surface area contributed by atoms with Gasteiger partial charge >= 0.3 is 5.97 Å². The van der Waals surface area contributed by atoms with Gasteiger partial charge in [0.15, 0.2) is 5.78 Å². The summed E-state index contributed by atoms with van der Waals surface area (Å²) in [4.78, 5) is 24.8. The largest absolute Gasteiger partial charge is 0.465 e. The van der Waals surface area contributed by atoms with E-state index in [1.54, 1.807) is 12.1 Å². The van der Waals surface area contributed by atoms with E-state index in [9.17, 15) is 14.0 Å². The third-order valence-electron chi connectivity index (χ3n) is 6.69. The highest BCUT2D eigenvalue weighted by atomic mass is 19.1. The lowest BCUT2D eigenvalue weighted by Gasteiger charge is -2.09. The van der Waals surface area contributed by atoms with Gasteiger partial charge in [-0.3, -0.25) is 9.59 Å². The van der Waals surface area contributed by atoms with Gasteiger partial charge < -0.3 is 10.1 Å². The van der Waals surface area contributed by atoms with Crippen LogP contribution in [0.1, 0.15) is 39.9 Å². The summed E-state index contributed by atoms with van der Waals surface area (Å²) < 4.78 is 18.7. The number of Topliss-reactive ketones (excluding diaryl/α,β-unsaturated/α-hetero) is 1. The topological polar surface area (TPSA) is 55.4 Å². The number of fused-ring (bicyclic) bond motifs is 2. The summed E-state index contributed by atoms with van der Waals surface area (Å²) in [6.45, 7) is 2.23. The van der Waals surface area contributed by atoms with Crippen LogP contribution in [-0.2, 0) is 16.0 Å². The number of carbonyl (C=O) groups excluding carboxylic acids is 2. The highest BCUT2D eigenvalue weighted by Crippen LogP contribution is 2.49. The molecule has 0 aromatic heterocycles. The van der Waals surface area contributed by atoms with Gasteiger partial charge in [0.05, 0.1) is 12.5 Å². The van der Waals surface area contributed by atoms with Gasteiger partial charge in [0, 0.05) is 22.6 Å². The summed E-state index contributed by atoms with van der Waals surface area (Å²) in [6, 6.07) is 11.8. The molecule has 0 amide bonds. The molecule has 1 saturated carbocycles. The molecule has 2 aromatic rings. The molecule has 1 heterocycles. The predicted molar refractivity (Wildman–Crippen MR) is 114 cm³/mol. The molecular weight excluding hydrogens is 393 g/mol. The first-order valence-corrected chi connectivity index (χ1v) is 10.9. The summed E-state index contributed by atoms with van der Waals surface area (Å²) in [7, 11) is 0. The molecule has 2 aromatic carbocycles. The molecule has 3 aliphatic rings. The highest BCUT2D eigenvalue weighted by molar-refractivity contribution is 6.02. The Labute approximate surface area is 181 Å². The van der Waals surface area contributed by atoms with Gasteiger partial charge in [0.2, 0.25) is 0 Å². The number of ether oxygens (including phenoxy) is 1. The summed E-state index contributed by atoms with van der Waals surface area (Å²) in [5, 5.41) is 3.28. The zero-order valence-electron chi connectivity index (χ0n) is 17.2. The smallest absolute Gasteiger partial charge is 0.309 e. The van der Waals surface area contributed by atoms with Gasteiger partial charge in [0.1, 0.15) is 5.82 Å². The summed E-state index contributed by atoms with van der Waals surface area (Å²) in [5.41, 5.74) is 3.21. The SMILES string of the molecule is O=C1c2ccc(C#Cc3cccc(F)c3)cc2CC1CCCOC(=O)[C@@H]1[C@@H]2CNC[C@@H]21. The number of esters is 1. The minimum absolute atomic E-state index is 0.0652. The number of hydrogen-bond acceptors (Lipinski definition) is 4. The predicted octanol–water partition coefficient (Wildman–Crippen LogP) is 3.37. The van der Waals surface area contributed by atoms with Gasteiger partial charge in [0.25, 0.3) is 0 Å². The van der Waals surface area contributed by atoms with Gasteiger partial charge in [-0.1, -0.05) is 17.9 Å². The third-order valence-corrected chi connectivity index (χ3v) is 6.69. The Morgan fingerprint density at radius 2 is 1.87 bits per heavy atom. The van der Waals surface area contributed by atoms with E-state index in [4.69, 9.17) is 4.74 Å². The van der Waals surface area contributed by atoms with Crippen LogP contribution in [0.25, 0.3) is 0 Å². The monoisotopic (exact) mass is 417 g/mol. The second-order valence-corrected chi connectivity index (χ2v) is 8.72. The number of halogens is 1. The Hall–Kier alpha value is -2.97.